The van der Waals surface area contributed by atoms with Crippen molar-refractivity contribution in [2.24, 2.45) is 5.92 Å². The van der Waals surface area contributed by atoms with E-state index in [2.05, 4.69) is 15.3 Å². The normalized spacial score (nSPS) is 16.8. The van der Waals surface area contributed by atoms with Gasteiger partial charge in [-0.15, -0.1) is 0 Å². The van der Waals surface area contributed by atoms with E-state index in [4.69, 9.17) is 11.6 Å². The Morgan fingerprint density at radius 3 is 2.55 bits per heavy atom. The molecule has 3 rings (SSSR count). The number of sulfone groups is 1. The molecule has 1 heterocycles. The van der Waals surface area contributed by atoms with Crippen LogP contribution in [-0.4, -0.2) is 41.4 Å². The Kier molecular flexibility index (Phi) is 7.96. The average molecular weight is 484 g/mol. The molecular formula is C21H26ClN3O4S2. The third-order valence-corrected chi connectivity index (χ3v) is 7.76. The zero-order valence-corrected chi connectivity index (χ0v) is 19.9. The highest BCUT2D eigenvalue weighted by molar-refractivity contribution is 7.90. The lowest BCUT2D eigenvalue weighted by atomic mass is 9.82. The van der Waals surface area contributed by atoms with Gasteiger partial charge >= 0.3 is 0 Å². The van der Waals surface area contributed by atoms with Crippen molar-refractivity contribution in [1.29, 1.82) is 0 Å². The molecule has 1 aliphatic carbocycles. The lowest BCUT2D eigenvalue weighted by Crippen LogP contribution is -2.21. The highest BCUT2D eigenvalue weighted by Crippen LogP contribution is 2.40. The van der Waals surface area contributed by atoms with Gasteiger partial charge in [0.15, 0.2) is 15.7 Å². The first-order valence-corrected chi connectivity index (χ1v) is 14.0. The van der Waals surface area contributed by atoms with E-state index in [1.54, 1.807) is 18.4 Å². The van der Waals surface area contributed by atoms with Crippen molar-refractivity contribution in [3.8, 4) is 0 Å². The number of nitrogens with zero attached hydrogens (tertiary/aromatic N) is 2. The largest absolute Gasteiger partial charge is 0.616 e. The van der Waals surface area contributed by atoms with E-state index in [0.717, 1.165) is 37.5 Å². The number of anilines is 1. The van der Waals surface area contributed by atoms with Crippen molar-refractivity contribution in [3.63, 3.8) is 0 Å². The fourth-order valence-electron chi connectivity index (χ4n) is 4.06. The summed E-state index contributed by atoms with van der Waals surface area (Å²) in [4.78, 5) is 21.2. The number of benzene rings is 1. The van der Waals surface area contributed by atoms with Crippen LogP contribution in [0.4, 0.5) is 5.82 Å². The first kappa shape index (κ1) is 24.0. The minimum absolute atomic E-state index is 0.0663. The van der Waals surface area contributed by atoms with Crippen LogP contribution in [0.3, 0.4) is 0 Å². The Bertz CT molecular complexity index is 1020. The number of carbonyl (C=O) groups excluding carboxylic acids is 1. The smallest absolute Gasteiger partial charge is 0.226 e. The Balaban J connectivity index is 1.75. The zero-order valence-electron chi connectivity index (χ0n) is 17.5. The molecule has 1 aliphatic rings. The molecule has 168 valence electrons. The number of rotatable bonds is 8. The molecule has 1 unspecified atom stereocenters. The van der Waals surface area contributed by atoms with E-state index in [1.165, 1.54) is 18.5 Å². The van der Waals surface area contributed by atoms with Gasteiger partial charge in [0.2, 0.25) is 5.91 Å². The molecule has 2 aromatic rings. The van der Waals surface area contributed by atoms with E-state index in [0.29, 0.717) is 23.2 Å². The molecule has 7 nitrogen and oxygen atoms in total. The molecule has 0 saturated heterocycles. The van der Waals surface area contributed by atoms with Crippen LogP contribution in [0.2, 0.25) is 5.02 Å². The van der Waals surface area contributed by atoms with Crippen molar-refractivity contribution >= 4 is 44.3 Å². The third kappa shape index (κ3) is 6.65. The summed E-state index contributed by atoms with van der Waals surface area (Å²) in [5.74, 6) is 0.727. The number of aromatic nitrogens is 2. The molecule has 1 fully saturated rings. The van der Waals surface area contributed by atoms with Crippen LogP contribution in [0.15, 0.2) is 35.5 Å². The molecule has 0 spiro atoms. The maximum atomic E-state index is 12.8. The van der Waals surface area contributed by atoms with Gasteiger partial charge in [0.25, 0.3) is 0 Å². The predicted molar refractivity (Wildman–Crippen MR) is 122 cm³/mol. The molecule has 1 amide bonds. The molecule has 2 atom stereocenters. The van der Waals surface area contributed by atoms with Gasteiger partial charge in [-0.25, -0.2) is 13.4 Å². The highest BCUT2D eigenvalue weighted by Gasteiger charge is 2.29. The third-order valence-electron chi connectivity index (χ3n) is 5.48. The second-order valence-corrected chi connectivity index (χ2v) is 11.8. The average Bonchev–Trinajstić information content (AvgIpc) is 3.20. The number of hydrogen-bond acceptors (Lipinski definition) is 6. The summed E-state index contributed by atoms with van der Waals surface area (Å²) in [6.07, 6.45) is 10.2. The van der Waals surface area contributed by atoms with Gasteiger partial charge < -0.3 is 9.87 Å². The topological polar surface area (TPSA) is 112 Å². The van der Waals surface area contributed by atoms with Crippen molar-refractivity contribution in [1.82, 2.24) is 9.97 Å². The van der Waals surface area contributed by atoms with Gasteiger partial charge in [-0.1, -0.05) is 41.7 Å². The molecule has 31 heavy (non-hydrogen) atoms. The summed E-state index contributed by atoms with van der Waals surface area (Å²) in [5.41, 5.74) is 1.47. The molecule has 1 saturated carbocycles. The summed E-state index contributed by atoms with van der Waals surface area (Å²) in [7, 11) is -3.42. The number of nitrogens with one attached hydrogen (secondary N) is 1. The molecule has 0 aliphatic heterocycles. The molecule has 0 bridgehead atoms. The molecular weight excluding hydrogens is 458 g/mol. The van der Waals surface area contributed by atoms with Gasteiger partial charge in [-0.3, -0.25) is 9.78 Å². The van der Waals surface area contributed by atoms with Crippen molar-refractivity contribution in [2.45, 2.75) is 48.7 Å². The Labute approximate surface area is 191 Å². The van der Waals surface area contributed by atoms with Gasteiger partial charge in [-0.05, 0) is 42.4 Å². The lowest BCUT2D eigenvalue weighted by Gasteiger charge is -2.24. The maximum Gasteiger partial charge on any atom is 0.226 e. The molecule has 1 N–H and O–H groups in total. The van der Waals surface area contributed by atoms with Crippen LogP contribution in [0.5, 0.6) is 0 Å². The molecule has 0 radical (unpaired) electrons. The summed E-state index contributed by atoms with van der Waals surface area (Å²) in [6, 6.07) is 4.96. The fraction of sp³-hybridized carbons (Fsp3) is 0.476. The predicted octanol–water partition coefficient (Wildman–Crippen LogP) is 3.71. The van der Waals surface area contributed by atoms with E-state index in [9.17, 15) is 17.8 Å². The van der Waals surface area contributed by atoms with Crippen molar-refractivity contribution in [3.05, 3.63) is 46.9 Å². The summed E-state index contributed by atoms with van der Waals surface area (Å²) in [5, 5.41) is 2.96. The number of halogens is 1. The van der Waals surface area contributed by atoms with Gasteiger partial charge in [0.1, 0.15) is 11.4 Å². The van der Waals surface area contributed by atoms with Gasteiger partial charge in [-0.2, -0.15) is 0 Å². The van der Waals surface area contributed by atoms with Crippen LogP contribution in [0, 0.1) is 5.92 Å². The van der Waals surface area contributed by atoms with Crippen molar-refractivity contribution in [2.75, 3.05) is 17.8 Å². The minimum atomic E-state index is -3.42. The maximum absolute atomic E-state index is 12.8. The standard InChI is InChI=1S/C21H26ClN3O4S2/c1-30(27)13-16-11-24-20(12-23-16)25-21(26)10-17(14-5-3-4-6-14)15-7-8-19(18(22)9-15)31(2,28)29/h7-9,11-12,14,17H,3-6,10,13H2,1-2H3,(H,24,25,26)/t17-,30?/m1/s1. The van der Waals surface area contributed by atoms with E-state index < -0.39 is 21.0 Å². The number of amides is 1. The molecule has 1 aromatic heterocycles. The first-order valence-electron chi connectivity index (χ1n) is 10.0. The fourth-order valence-corrected chi connectivity index (χ4v) is 5.96. The quantitative estimate of drug-likeness (QED) is 0.572. The second-order valence-electron chi connectivity index (χ2n) is 7.98. The highest BCUT2D eigenvalue weighted by atomic mass is 35.5. The second kappa shape index (κ2) is 10.3. The van der Waals surface area contributed by atoms with Crippen LogP contribution in [-0.2, 0) is 31.6 Å². The van der Waals surface area contributed by atoms with Crippen LogP contribution in [0.1, 0.15) is 49.3 Å². The Hall–Kier alpha value is -1.68. The molecule has 10 heteroatoms. The Morgan fingerprint density at radius 2 is 2.00 bits per heavy atom. The van der Waals surface area contributed by atoms with E-state index in [-0.39, 0.29) is 28.2 Å². The van der Waals surface area contributed by atoms with E-state index >= 15 is 0 Å². The summed E-state index contributed by atoms with van der Waals surface area (Å²) in [6.45, 7) is 0. The van der Waals surface area contributed by atoms with Gasteiger partial charge in [0, 0.05) is 12.7 Å². The number of carbonyl (C=O) groups is 1. The molecule has 1 aromatic carbocycles. The first-order chi connectivity index (χ1) is 14.6. The monoisotopic (exact) mass is 483 g/mol. The SMILES string of the molecule is C[S+]([O-])Cc1cnc(NC(=O)C[C@@H](c2ccc(S(C)(=O)=O)c(Cl)c2)C2CCCC2)cn1. The van der Waals surface area contributed by atoms with Crippen LogP contribution >= 0.6 is 11.6 Å². The zero-order chi connectivity index (χ0) is 22.6. The van der Waals surface area contributed by atoms with Crippen LogP contribution < -0.4 is 5.32 Å². The lowest BCUT2D eigenvalue weighted by molar-refractivity contribution is -0.116. The Morgan fingerprint density at radius 1 is 1.29 bits per heavy atom. The van der Waals surface area contributed by atoms with E-state index in [1.807, 2.05) is 0 Å². The van der Waals surface area contributed by atoms with Crippen LogP contribution in [0.25, 0.3) is 0 Å². The number of hydrogen-bond donors (Lipinski definition) is 1. The minimum Gasteiger partial charge on any atom is -0.616 e. The van der Waals surface area contributed by atoms with Gasteiger partial charge in [0.05, 0.1) is 28.6 Å². The van der Waals surface area contributed by atoms with Crippen molar-refractivity contribution < 1.29 is 17.8 Å². The summed E-state index contributed by atoms with van der Waals surface area (Å²) >= 11 is 5.25. The summed E-state index contributed by atoms with van der Waals surface area (Å²) < 4.78 is 35.0.